The van der Waals surface area contributed by atoms with E-state index in [-0.39, 0.29) is 18.2 Å². The Morgan fingerprint density at radius 3 is 2.53 bits per heavy atom. The summed E-state index contributed by atoms with van der Waals surface area (Å²) >= 11 is 1.61. The molecule has 1 aliphatic rings. The first-order valence-corrected chi connectivity index (χ1v) is 11.9. The van der Waals surface area contributed by atoms with E-state index in [2.05, 4.69) is 10.4 Å². The molecule has 2 heterocycles. The highest BCUT2D eigenvalue weighted by atomic mass is 32.2. The number of rotatable bonds is 5. The van der Waals surface area contributed by atoms with Gasteiger partial charge in [0.05, 0.1) is 23.7 Å². The Kier molecular flexibility index (Phi) is 6.37. The topological polar surface area (TPSA) is 67.2 Å². The summed E-state index contributed by atoms with van der Waals surface area (Å²) < 4.78 is 1.88. The second-order valence-electron chi connectivity index (χ2n) is 8.24. The van der Waals surface area contributed by atoms with Gasteiger partial charge in [-0.2, -0.15) is 5.10 Å². The number of hydrogen-bond donors (Lipinski definition) is 1. The minimum Gasteiger partial charge on any atom is -0.324 e. The number of carbonyl (C=O) groups excluding carboxylic acids is 2. The van der Waals surface area contributed by atoms with E-state index in [1.54, 1.807) is 16.7 Å². The summed E-state index contributed by atoms with van der Waals surface area (Å²) in [7, 11) is 0. The fourth-order valence-electron chi connectivity index (χ4n) is 3.95. The number of benzene rings is 2. The van der Waals surface area contributed by atoms with E-state index in [4.69, 9.17) is 0 Å². The van der Waals surface area contributed by atoms with Crippen LogP contribution in [0.4, 0.5) is 5.69 Å². The van der Waals surface area contributed by atoms with Gasteiger partial charge in [0.1, 0.15) is 6.04 Å². The van der Waals surface area contributed by atoms with Gasteiger partial charge >= 0.3 is 0 Å². The maximum Gasteiger partial charge on any atom is 0.248 e. The van der Waals surface area contributed by atoms with Crippen molar-refractivity contribution >= 4 is 29.3 Å². The van der Waals surface area contributed by atoms with E-state index in [9.17, 15) is 9.59 Å². The van der Waals surface area contributed by atoms with Gasteiger partial charge in [-0.15, -0.1) is 11.8 Å². The molecule has 0 saturated carbocycles. The number of hydrogen-bond acceptors (Lipinski definition) is 4. The molecule has 1 N–H and O–H groups in total. The highest BCUT2D eigenvalue weighted by Gasteiger charge is 2.35. The number of para-hydroxylation sites is 1. The van der Waals surface area contributed by atoms with Crippen molar-refractivity contribution < 1.29 is 9.59 Å². The third-order valence-electron chi connectivity index (χ3n) is 6.05. The van der Waals surface area contributed by atoms with Crippen LogP contribution in [-0.2, 0) is 16.0 Å². The predicted molar refractivity (Wildman–Crippen MR) is 129 cm³/mol. The molecule has 0 bridgehead atoms. The Labute approximate surface area is 193 Å². The maximum atomic E-state index is 13.2. The average molecular weight is 449 g/mol. The first-order chi connectivity index (χ1) is 15.3. The standard InChI is InChI=1S/C25H28N4O2S/c1-16-10-11-20(12-17(16)2)26-25(31)23-14-32-15-28(23)24(30)13-22-18(3)27-29(19(22)4)21-8-6-5-7-9-21/h5-12,23H,13-15H2,1-4H3,(H,26,31). The Morgan fingerprint density at radius 1 is 1.06 bits per heavy atom. The molecule has 0 radical (unpaired) electrons. The number of aromatic nitrogens is 2. The van der Waals surface area contributed by atoms with Crippen LogP contribution in [0.5, 0.6) is 0 Å². The summed E-state index contributed by atoms with van der Waals surface area (Å²) in [6.45, 7) is 7.97. The van der Waals surface area contributed by atoms with Gasteiger partial charge in [-0.05, 0) is 63.1 Å². The van der Waals surface area contributed by atoms with Crippen molar-refractivity contribution in [1.29, 1.82) is 0 Å². The van der Waals surface area contributed by atoms with Gasteiger partial charge in [-0.25, -0.2) is 4.68 Å². The normalized spacial score (nSPS) is 15.8. The van der Waals surface area contributed by atoms with Crippen LogP contribution < -0.4 is 5.32 Å². The molecule has 0 aliphatic carbocycles. The second-order valence-corrected chi connectivity index (χ2v) is 9.24. The predicted octanol–water partition coefficient (Wildman–Crippen LogP) is 4.19. The Hall–Kier alpha value is -3.06. The molecule has 166 valence electrons. The van der Waals surface area contributed by atoms with Gasteiger partial charge < -0.3 is 10.2 Å². The third-order valence-corrected chi connectivity index (χ3v) is 7.06. The minimum atomic E-state index is -0.473. The van der Waals surface area contributed by atoms with Gasteiger partial charge in [0.25, 0.3) is 0 Å². The molecule has 2 aromatic carbocycles. The molecule has 4 rings (SSSR count). The Bertz CT molecular complexity index is 1160. The summed E-state index contributed by atoms with van der Waals surface area (Å²) in [6.07, 6.45) is 0.235. The monoisotopic (exact) mass is 448 g/mol. The smallest absolute Gasteiger partial charge is 0.248 e. The van der Waals surface area contributed by atoms with Crippen molar-refractivity contribution in [2.75, 3.05) is 16.9 Å². The quantitative estimate of drug-likeness (QED) is 0.636. The molecular formula is C25H28N4O2S. The van der Waals surface area contributed by atoms with Gasteiger partial charge in [0, 0.05) is 22.7 Å². The molecule has 1 unspecified atom stereocenters. The summed E-state index contributed by atoms with van der Waals surface area (Å²) in [5, 5.41) is 7.63. The zero-order valence-electron chi connectivity index (χ0n) is 18.9. The lowest BCUT2D eigenvalue weighted by Gasteiger charge is -2.23. The van der Waals surface area contributed by atoms with E-state index < -0.39 is 6.04 Å². The van der Waals surface area contributed by atoms with E-state index in [1.807, 2.05) is 80.9 Å². The summed E-state index contributed by atoms with van der Waals surface area (Å²) in [5.41, 5.74) is 6.74. The first kappa shape index (κ1) is 22.1. The van der Waals surface area contributed by atoms with Crippen LogP contribution in [0.1, 0.15) is 28.1 Å². The van der Waals surface area contributed by atoms with Crippen LogP contribution in [0, 0.1) is 27.7 Å². The molecule has 1 aliphatic heterocycles. The van der Waals surface area contributed by atoms with Crippen molar-refractivity contribution in [2.45, 2.75) is 40.2 Å². The largest absolute Gasteiger partial charge is 0.324 e. The Balaban J connectivity index is 1.49. The lowest BCUT2D eigenvalue weighted by molar-refractivity contribution is -0.135. The van der Waals surface area contributed by atoms with E-state index in [0.29, 0.717) is 11.6 Å². The van der Waals surface area contributed by atoms with Crippen molar-refractivity contribution in [3.8, 4) is 5.69 Å². The van der Waals surface area contributed by atoms with Gasteiger partial charge in [-0.1, -0.05) is 24.3 Å². The van der Waals surface area contributed by atoms with Gasteiger partial charge in [0.15, 0.2) is 0 Å². The molecule has 2 amide bonds. The fraction of sp³-hybridized carbons (Fsp3) is 0.320. The number of aryl methyl sites for hydroxylation is 3. The second kappa shape index (κ2) is 9.20. The molecule has 3 aromatic rings. The molecule has 7 heteroatoms. The molecule has 1 aromatic heterocycles. The highest BCUT2D eigenvalue weighted by Crippen LogP contribution is 2.25. The molecule has 0 spiro atoms. The van der Waals surface area contributed by atoms with Crippen molar-refractivity contribution in [3.05, 3.63) is 76.6 Å². The minimum absolute atomic E-state index is 0.0472. The van der Waals surface area contributed by atoms with E-state index in [1.165, 1.54) is 5.56 Å². The number of thioether (sulfide) groups is 1. The zero-order chi connectivity index (χ0) is 22.8. The van der Waals surface area contributed by atoms with Gasteiger partial charge in [-0.3, -0.25) is 9.59 Å². The van der Waals surface area contributed by atoms with Gasteiger partial charge in [0.2, 0.25) is 11.8 Å². The summed E-state index contributed by atoms with van der Waals surface area (Å²) in [4.78, 5) is 27.9. The molecule has 32 heavy (non-hydrogen) atoms. The fourth-order valence-corrected chi connectivity index (χ4v) is 5.14. The van der Waals surface area contributed by atoms with Crippen LogP contribution in [0.25, 0.3) is 5.69 Å². The lowest BCUT2D eigenvalue weighted by atomic mass is 10.1. The highest BCUT2D eigenvalue weighted by molar-refractivity contribution is 7.99. The molecule has 6 nitrogen and oxygen atoms in total. The number of carbonyl (C=O) groups is 2. The summed E-state index contributed by atoms with van der Waals surface area (Å²) in [5.74, 6) is 0.937. The van der Waals surface area contributed by atoms with Crippen molar-refractivity contribution in [2.24, 2.45) is 0 Å². The van der Waals surface area contributed by atoms with Crippen LogP contribution in [0.2, 0.25) is 0 Å². The lowest BCUT2D eigenvalue weighted by Crippen LogP contribution is -2.45. The SMILES string of the molecule is Cc1ccc(NC(=O)C2CSCN2C(=O)Cc2c(C)nn(-c3ccccc3)c2C)cc1C. The molecule has 1 fully saturated rings. The van der Waals surface area contributed by atoms with Crippen LogP contribution >= 0.6 is 11.8 Å². The first-order valence-electron chi connectivity index (χ1n) is 10.7. The third kappa shape index (κ3) is 4.43. The number of nitrogens with one attached hydrogen (secondary N) is 1. The van der Waals surface area contributed by atoms with E-state index >= 15 is 0 Å². The van der Waals surface area contributed by atoms with Crippen molar-refractivity contribution in [1.82, 2.24) is 14.7 Å². The van der Waals surface area contributed by atoms with E-state index in [0.717, 1.165) is 33.9 Å². The molecule has 1 atom stereocenters. The summed E-state index contributed by atoms with van der Waals surface area (Å²) in [6, 6.07) is 15.3. The Morgan fingerprint density at radius 2 is 1.81 bits per heavy atom. The molecular weight excluding hydrogens is 420 g/mol. The molecule has 1 saturated heterocycles. The number of amides is 2. The van der Waals surface area contributed by atoms with Crippen LogP contribution in [-0.4, -0.2) is 44.2 Å². The van der Waals surface area contributed by atoms with Crippen molar-refractivity contribution in [3.63, 3.8) is 0 Å². The van der Waals surface area contributed by atoms with Crippen LogP contribution in [0.3, 0.4) is 0 Å². The van der Waals surface area contributed by atoms with Crippen LogP contribution in [0.15, 0.2) is 48.5 Å². The maximum absolute atomic E-state index is 13.2. The zero-order valence-corrected chi connectivity index (χ0v) is 19.7. The number of nitrogens with zero attached hydrogens (tertiary/aromatic N) is 3. The number of anilines is 1. The average Bonchev–Trinajstić information content (AvgIpc) is 3.38.